The van der Waals surface area contributed by atoms with E-state index in [1.807, 2.05) is 6.92 Å². The lowest BCUT2D eigenvalue weighted by molar-refractivity contribution is -0.326. The smallest absolute Gasteiger partial charge is 0.338 e. The standard InChI is InChI=1S/C11H18O6/c1-6-7-8(17-11(2,3)16-6)9(10(12)15-7)14-5-13-4/h6-9H,5H2,1-4H3/t6-,7+,8-,9-/m0/s1. The monoisotopic (exact) mass is 246 g/mol. The van der Waals surface area contributed by atoms with E-state index in [-0.39, 0.29) is 12.9 Å². The van der Waals surface area contributed by atoms with Crippen LogP contribution in [-0.4, -0.2) is 50.1 Å². The zero-order valence-electron chi connectivity index (χ0n) is 10.5. The van der Waals surface area contributed by atoms with Gasteiger partial charge in [0.1, 0.15) is 12.9 Å². The van der Waals surface area contributed by atoms with Crippen LogP contribution in [0.25, 0.3) is 0 Å². The van der Waals surface area contributed by atoms with Gasteiger partial charge in [-0.05, 0) is 20.8 Å². The second kappa shape index (κ2) is 4.53. The van der Waals surface area contributed by atoms with Crippen molar-refractivity contribution in [1.82, 2.24) is 0 Å². The molecule has 2 aliphatic heterocycles. The molecule has 0 saturated carbocycles. The van der Waals surface area contributed by atoms with Gasteiger partial charge in [-0.1, -0.05) is 0 Å². The molecule has 0 N–H and O–H groups in total. The second-order valence-electron chi connectivity index (χ2n) is 4.70. The highest BCUT2D eigenvalue weighted by Gasteiger charge is 2.55. The van der Waals surface area contributed by atoms with Crippen molar-refractivity contribution < 1.29 is 28.5 Å². The predicted octanol–water partition coefficient (Wildman–Crippen LogP) is 0.441. The van der Waals surface area contributed by atoms with Crippen LogP contribution in [0.1, 0.15) is 20.8 Å². The average Bonchev–Trinajstić information content (AvgIpc) is 2.51. The van der Waals surface area contributed by atoms with Gasteiger partial charge in [-0.25, -0.2) is 4.79 Å². The summed E-state index contributed by atoms with van der Waals surface area (Å²) in [6.07, 6.45) is -1.83. The van der Waals surface area contributed by atoms with Crippen molar-refractivity contribution in [2.75, 3.05) is 13.9 Å². The SMILES string of the molecule is COCO[C@@H]1C(=O)O[C@H]2[C@@H]1OC(C)(C)O[C@H]2C. The first-order valence-corrected chi connectivity index (χ1v) is 5.61. The minimum absolute atomic E-state index is 0.0298. The van der Waals surface area contributed by atoms with E-state index < -0.39 is 30.1 Å². The summed E-state index contributed by atoms with van der Waals surface area (Å²) >= 11 is 0. The molecule has 2 aliphatic rings. The Morgan fingerprint density at radius 2 is 2.00 bits per heavy atom. The minimum Gasteiger partial charge on any atom is -0.455 e. The van der Waals surface area contributed by atoms with Gasteiger partial charge in [0.15, 0.2) is 18.0 Å². The van der Waals surface area contributed by atoms with Crippen molar-refractivity contribution in [3.8, 4) is 0 Å². The molecule has 4 atom stereocenters. The Morgan fingerprint density at radius 1 is 1.29 bits per heavy atom. The molecular formula is C11H18O6. The number of rotatable bonds is 3. The predicted molar refractivity (Wildman–Crippen MR) is 56.1 cm³/mol. The number of esters is 1. The molecule has 2 rings (SSSR count). The van der Waals surface area contributed by atoms with E-state index in [1.54, 1.807) is 13.8 Å². The summed E-state index contributed by atoms with van der Waals surface area (Å²) < 4.78 is 26.6. The Balaban J connectivity index is 2.12. The summed E-state index contributed by atoms with van der Waals surface area (Å²) in [5.41, 5.74) is 0. The molecule has 98 valence electrons. The van der Waals surface area contributed by atoms with Gasteiger partial charge in [0.05, 0.1) is 6.10 Å². The molecule has 0 aromatic heterocycles. The van der Waals surface area contributed by atoms with E-state index in [0.29, 0.717) is 0 Å². The third-order valence-corrected chi connectivity index (χ3v) is 2.82. The Hall–Kier alpha value is -0.690. The van der Waals surface area contributed by atoms with Crippen molar-refractivity contribution in [1.29, 1.82) is 0 Å². The fourth-order valence-corrected chi connectivity index (χ4v) is 2.24. The summed E-state index contributed by atoms with van der Waals surface area (Å²) in [7, 11) is 1.50. The van der Waals surface area contributed by atoms with Gasteiger partial charge in [-0.2, -0.15) is 0 Å². The molecule has 0 radical (unpaired) electrons. The van der Waals surface area contributed by atoms with Crippen molar-refractivity contribution in [2.45, 2.75) is 51.0 Å². The maximum Gasteiger partial charge on any atom is 0.338 e. The maximum absolute atomic E-state index is 11.7. The highest BCUT2D eigenvalue weighted by atomic mass is 16.8. The molecule has 0 aromatic rings. The van der Waals surface area contributed by atoms with Crippen molar-refractivity contribution in [2.24, 2.45) is 0 Å². The fraction of sp³-hybridized carbons (Fsp3) is 0.909. The lowest BCUT2D eigenvalue weighted by Crippen LogP contribution is -2.54. The number of carbonyl (C=O) groups excluding carboxylic acids is 1. The third kappa shape index (κ3) is 2.44. The highest BCUT2D eigenvalue weighted by molar-refractivity contribution is 5.78. The average molecular weight is 246 g/mol. The van der Waals surface area contributed by atoms with Gasteiger partial charge in [-0.15, -0.1) is 0 Å². The molecule has 6 nitrogen and oxygen atoms in total. The van der Waals surface area contributed by atoms with E-state index in [4.69, 9.17) is 23.7 Å². The first kappa shape index (κ1) is 12.8. The largest absolute Gasteiger partial charge is 0.455 e. The molecule has 2 fully saturated rings. The van der Waals surface area contributed by atoms with Crippen LogP contribution < -0.4 is 0 Å². The second-order valence-corrected chi connectivity index (χ2v) is 4.70. The van der Waals surface area contributed by atoms with Crippen LogP contribution in [0.3, 0.4) is 0 Å². The number of fused-ring (bicyclic) bond motifs is 1. The Bertz CT molecular complexity index is 302. The van der Waals surface area contributed by atoms with Crippen LogP contribution in [0, 0.1) is 0 Å². The van der Waals surface area contributed by atoms with E-state index in [2.05, 4.69) is 0 Å². The van der Waals surface area contributed by atoms with Crippen LogP contribution in [0.5, 0.6) is 0 Å². The van der Waals surface area contributed by atoms with Crippen molar-refractivity contribution in [3.05, 3.63) is 0 Å². The zero-order valence-corrected chi connectivity index (χ0v) is 10.5. The number of hydrogen-bond donors (Lipinski definition) is 0. The number of hydrogen-bond acceptors (Lipinski definition) is 6. The molecule has 0 unspecified atom stereocenters. The normalized spacial score (nSPS) is 39.9. The lowest BCUT2D eigenvalue weighted by atomic mass is 10.0. The summed E-state index contributed by atoms with van der Waals surface area (Å²) in [6.45, 7) is 5.49. The lowest BCUT2D eigenvalue weighted by Gasteiger charge is -2.41. The molecule has 0 bridgehead atoms. The first-order valence-electron chi connectivity index (χ1n) is 5.61. The van der Waals surface area contributed by atoms with Crippen LogP contribution in [-0.2, 0) is 28.5 Å². The summed E-state index contributed by atoms with van der Waals surface area (Å²) in [5.74, 6) is -1.17. The molecule has 17 heavy (non-hydrogen) atoms. The van der Waals surface area contributed by atoms with Gasteiger partial charge < -0.3 is 23.7 Å². The van der Waals surface area contributed by atoms with Crippen LogP contribution in [0.2, 0.25) is 0 Å². The summed E-state index contributed by atoms with van der Waals surface area (Å²) in [5, 5.41) is 0. The number of methoxy groups -OCH3 is 1. The number of carbonyl (C=O) groups is 1. The van der Waals surface area contributed by atoms with Gasteiger partial charge in [0.2, 0.25) is 0 Å². The van der Waals surface area contributed by atoms with Crippen molar-refractivity contribution in [3.63, 3.8) is 0 Å². The van der Waals surface area contributed by atoms with Crippen LogP contribution >= 0.6 is 0 Å². The molecular weight excluding hydrogens is 228 g/mol. The fourth-order valence-electron chi connectivity index (χ4n) is 2.24. The highest BCUT2D eigenvalue weighted by Crippen LogP contribution is 2.35. The molecule has 0 spiro atoms. The molecule has 2 saturated heterocycles. The first-order chi connectivity index (χ1) is 7.94. The van der Waals surface area contributed by atoms with Crippen LogP contribution in [0.15, 0.2) is 0 Å². The third-order valence-electron chi connectivity index (χ3n) is 2.82. The summed E-state index contributed by atoms with van der Waals surface area (Å²) in [6, 6.07) is 0. The van der Waals surface area contributed by atoms with Gasteiger partial charge in [0, 0.05) is 7.11 Å². The minimum atomic E-state index is -0.747. The van der Waals surface area contributed by atoms with Crippen LogP contribution in [0.4, 0.5) is 0 Å². The Labute approximate surface area is 100 Å². The van der Waals surface area contributed by atoms with Gasteiger partial charge in [-0.3, -0.25) is 0 Å². The number of ether oxygens (including phenoxy) is 5. The molecule has 6 heteroatoms. The van der Waals surface area contributed by atoms with E-state index in [0.717, 1.165) is 0 Å². The molecule has 0 amide bonds. The molecule has 0 aromatic carbocycles. The molecule has 0 aliphatic carbocycles. The van der Waals surface area contributed by atoms with E-state index in [9.17, 15) is 4.79 Å². The quantitative estimate of drug-likeness (QED) is 0.532. The van der Waals surface area contributed by atoms with Gasteiger partial charge >= 0.3 is 5.97 Å². The zero-order chi connectivity index (χ0) is 12.6. The van der Waals surface area contributed by atoms with Gasteiger partial charge in [0.25, 0.3) is 0 Å². The van der Waals surface area contributed by atoms with E-state index >= 15 is 0 Å². The van der Waals surface area contributed by atoms with Crippen molar-refractivity contribution >= 4 is 5.97 Å². The topological polar surface area (TPSA) is 63.2 Å². The van der Waals surface area contributed by atoms with E-state index in [1.165, 1.54) is 7.11 Å². The maximum atomic E-state index is 11.7. The Kier molecular flexibility index (Phi) is 3.40. The Morgan fingerprint density at radius 3 is 2.65 bits per heavy atom. The molecule has 2 heterocycles. The summed E-state index contributed by atoms with van der Waals surface area (Å²) in [4.78, 5) is 11.7.